The van der Waals surface area contributed by atoms with E-state index in [1.54, 1.807) is 0 Å². The third-order valence-corrected chi connectivity index (χ3v) is 18.9. The molecular formula is C69H134O17P2. The Balaban J connectivity index is 5.28. The molecule has 19 heteroatoms. The molecule has 0 radical (unpaired) electrons. The Morgan fingerprint density at radius 1 is 0.318 bits per heavy atom. The van der Waals surface area contributed by atoms with E-state index in [0.717, 1.165) is 108 Å². The van der Waals surface area contributed by atoms with Crippen LogP contribution >= 0.6 is 15.6 Å². The van der Waals surface area contributed by atoms with Gasteiger partial charge in [0.25, 0.3) is 0 Å². The lowest BCUT2D eigenvalue weighted by atomic mass is 9.99. The Morgan fingerprint density at radius 2 is 0.545 bits per heavy atom. The third-order valence-electron chi connectivity index (χ3n) is 17.0. The molecule has 0 aliphatic carbocycles. The molecule has 5 unspecified atom stereocenters. The molecule has 0 heterocycles. The van der Waals surface area contributed by atoms with Crippen LogP contribution in [-0.2, 0) is 65.4 Å². The van der Waals surface area contributed by atoms with Gasteiger partial charge in [-0.1, -0.05) is 292 Å². The average Bonchev–Trinajstić information content (AvgIpc) is 3.57. The Morgan fingerprint density at radius 3 is 0.807 bits per heavy atom. The molecule has 0 aliphatic heterocycles. The van der Waals surface area contributed by atoms with Crippen molar-refractivity contribution in [3.05, 3.63) is 0 Å². The number of hydrogen-bond acceptors (Lipinski definition) is 15. The predicted molar refractivity (Wildman–Crippen MR) is 354 cm³/mol. The van der Waals surface area contributed by atoms with E-state index in [0.29, 0.717) is 25.7 Å². The summed E-state index contributed by atoms with van der Waals surface area (Å²) in [6, 6.07) is 0. The van der Waals surface area contributed by atoms with Gasteiger partial charge in [0.1, 0.15) is 19.3 Å². The highest BCUT2D eigenvalue weighted by Gasteiger charge is 2.30. The molecule has 0 amide bonds. The molecule has 0 saturated carbocycles. The molecule has 0 aromatic carbocycles. The maximum Gasteiger partial charge on any atom is 0.472 e. The van der Waals surface area contributed by atoms with Crippen LogP contribution in [0.5, 0.6) is 0 Å². The van der Waals surface area contributed by atoms with E-state index in [2.05, 4.69) is 48.5 Å². The largest absolute Gasteiger partial charge is 0.472 e. The van der Waals surface area contributed by atoms with Crippen molar-refractivity contribution in [1.29, 1.82) is 0 Å². The zero-order chi connectivity index (χ0) is 65.2. The summed E-state index contributed by atoms with van der Waals surface area (Å²) in [4.78, 5) is 72.5. The monoisotopic (exact) mass is 1300 g/mol. The van der Waals surface area contributed by atoms with Crippen LogP contribution in [0.1, 0.15) is 344 Å². The summed E-state index contributed by atoms with van der Waals surface area (Å²) in [5, 5.41) is 10.6. The minimum absolute atomic E-state index is 0.104. The van der Waals surface area contributed by atoms with Gasteiger partial charge in [-0.15, -0.1) is 0 Å². The van der Waals surface area contributed by atoms with Crippen molar-refractivity contribution in [1.82, 2.24) is 0 Å². The number of phosphoric acid groups is 2. The van der Waals surface area contributed by atoms with Gasteiger partial charge < -0.3 is 33.8 Å². The average molecular weight is 1300 g/mol. The van der Waals surface area contributed by atoms with Crippen LogP contribution in [0, 0.1) is 17.8 Å². The van der Waals surface area contributed by atoms with Gasteiger partial charge in [-0.05, 0) is 43.4 Å². The lowest BCUT2D eigenvalue weighted by Crippen LogP contribution is -2.30. The van der Waals surface area contributed by atoms with Gasteiger partial charge in [-0.25, -0.2) is 9.13 Å². The summed E-state index contributed by atoms with van der Waals surface area (Å²) in [5.74, 6) is 0.187. The molecule has 0 aliphatic rings. The molecule has 0 bridgehead atoms. The van der Waals surface area contributed by atoms with Crippen LogP contribution in [0.3, 0.4) is 0 Å². The van der Waals surface area contributed by atoms with Crippen molar-refractivity contribution in [2.45, 2.75) is 362 Å². The lowest BCUT2D eigenvalue weighted by molar-refractivity contribution is -0.161. The number of phosphoric ester groups is 2. The zero-order valence-corrected chi connectivity index (χ0v) is 59.0. The normalized spacial score (nSPS) is 15.2. The van der Waals surface area contributed by atoms with Crippen molar-refractivity contribution >= 4 is 39.5 Å². The van der Waals surface area contributed by atoms with E-state index in [4.69, 9.17) is 37.0 Å². The van der Waals surface area contributed by atoms with Crippen molar-refractivity contribution in [2.75, 3.05) is 39.6 Å². The molecule has 88 heavy (non-hydrogen) atoms. The summed E-state index contributed by atoms with van der Waals surface area (Å²) >= 11 is 0. The van der Waals surface area contributed by atoms with E-state index in [9.17, 15) is 43.2 Å². The van der Waals surface area contributed by atoms with Gasteiger partial charge in [-0.2, -0.15) is 0 Å². The quantitative estimate of drug-likeness (QED) is 0.0222. The number of aliphatic hydroxyl groups excluding tert-OH is 1. The smallest absolute Gasteiger partial charge is 0.462 e. The Bertz CT molecular complexity index is 1740. The Hall–Kier alpha value is -1.94. The SMILES string of the molecule is CCCCCCCCCCCCCCC(=O)OC[C@H](COP(=O)(O)OC[C@H](O)COP(=O)(O)OC[C@@H](COC(=O)CCCCCCCCCCC(C)CC)OC(=O)CCCCCCCCCCC(C)CC)OC(=O)CCCCCCCCCCC(C)CC. The van der Waals surface area contributed by atoms with E-state index in [-0.39, 0.29) is 25.7 Å². The summed E-state index contributed by atoms with van der Waals surface area (Å²) in [7, 11) is -9.90. The summed E-state index contributed by atoms with van der Waals surface area (Å²) in [5.41, 5.74) is 0. The van der Waals surface area contributed by atoms with E-state index in [1.807, 2.05) is 0 Å². The van der Waals surface area contributed by atoms with E-state index >= 15 is 0 Å². The standard InChI is InChI=1S/C69H134O17P2/c1-8-12-13-14-15-16-17-18-19-29-36-43-50-66(71)79-56-64(85-68(73)52-45-38-31-24-21-27-34-41-48-61(6)10-3)58-83-87(75,76)81-54-63(70)55-82-88(77,78)84-59-65(86-69(74)53-46-39-32-25-22-28-35-42-49-62(7)11-4)57-80-67(72)51-44-37-30-23-20-26-33-40-47-60(5)9-2/h60-65,70H,8-59H2,1-7H3,(H,75,76)(H,77,78)/t60?,61?,62?,63-,64+,65+/m0/s1. The fourth-order valence-corrected chi connectivity index (χ4v) is 11.8. The molecule has 8 atom stereocenters. The Labute approximate surface area is 537 Å². The first-order valence-electron chi connectivity index (χ1n) is 36.0. The highest BCUT2D eigenvalue weighted by Crippen LogP contribution is 2.45. The summed E-state index contributed by atoms with van der Waals surface area (Å²) in [6.07, 6.45) is 42.8. The molecule has 0 aromatic heterocycles. The minimum Gasteiger partial charge on any atom is -0.462 e. The predicted octanol–water partition coefficient (Wildman–Crippen LogP) is 19.5. The van der Waals surface area contributed by atoms with Gasteiger partial charge in [0.15, 0.2) is 12.2 Å². The van der Waals surface area contributed by atoms with Crippen molar-refractivity contribution in [3.63, 3.8) is 0 Å². The number of carbonyl (C=O) groups is 4. The number of unbranched alkanes of at least 4 members (excludes halogenated alkanes) is 32. The minimum atomic E-state index is -4.95. The second-order valence-electron chi connectivity index (χ2n) is 25.6. The number of aliphatic hydroxyl groups is 1. The Kier molecular flexibility index (Phi) is 58.7. The van der Waals surface area contributed by atoms with Crippen LogP contribution in [0.4, 0.5) is 0 Å². The van der Waals surface area contributed by atoms with Crippen molar-refractivity contribution in [2.24, 2.45) is 17.8 Å². The highest BCUT2D eigenvalue weighted by atomic mass is 31.2. The fourth-order valence-electron chi connectivity index (χ4n) is 10.3. The van der Waals surface area contributed by atoms with Crippen LogP contribution in [0.2, 0.25) is 0 Å². The second kappa shape index (κ2) is 60.0. The second-order valence-corrected chi connectivity index (χ2v) is 28.6. The van der Waals surface area contributed by atoms with Gasteiger partial charge in [0, 0.05) is 25.7 Å². The van der Waals surface area contributed by atoms with Crippen LogP contribution < -0.4 is 0 Å². The first-order valence-corrected chi connectivity index (χ1v) is 39.0. The van der Waals surface area contributed by atoms with Gasteiger partial charge in [0.05, 0.1) is 26.4 Å². The van der Waals surface area contributed by atoms with Crippen LogP contribution in [0.25, 0.3) is 0 Å². The van der Waals surface area contributed by atoms with Gasteiger partial charge in [-0.3, -0.25) is 37.3 Å². The molecule has 0 rings (SSSR count). The third kappa shape index (κ3) is 59.1. The molecule has 17 nitrogen and oxygen atoms in total. The summed E-state index contributed by atoms with van der Waals surface area (Å²) in [6.45, 7) is 11.8. The first-order chi connectivity index (χ1) is 42.3. The first kappa shape index (κ1) is 86.1. The van der Waals surface area contributed by atoms with Crippen LogP contribution in [-0.4, -0.2) is 96.7 Å². The molecule has 522 valence electrons. The molecular weight excluding hydrogens is 1160 g/mol. The highest BCUT2D eigenvalue weighted by molar-refractivity contribution is 7.47. The number of hydrogen-bond donors (Lipinski definition) is 3. The van der Waals surface area contributed by atoms with Gasteiger partial charge >= 0.3 is 39.5 Å². The number of rotatable bonds is 67. The lowest BCUT2D eigenvalue weighted by Gasteiger charge is -2.21. The summed E-state index contributed by atoms with van der Waals surface area (Å²) < 4.78 is 68.3. The number of esters is 4. The topological polar surface area (TPSA) is 237 Å². The molecule has 0 aromatic rings. The zero-order valence-electron chi connectivity index (χ0n) is 57.2. The molecule has 3 N–H and O–H groups in total. The maximum absolute atomic E-state index is 13.0. The maximum atomic E-state index is 13.0. The van der Waals surface area contributed by atoms with Crippen LogP contribution in [0.15, 0.2) is 0 Å². The van der Waals surface area contributed by atoms with Gasteiger partial charge in [0.2, 0.25) is 0 Å². The molecule has 0 spiro atoms. The fraction of sp³-hybridized carbons (Fsp3) is 0.942. The number of ether oxygens (including phenoxy) is 4. The number of carbonyl (C=O) groups excluding carboxylic acids is 4. The molecule has 0 fully saturated rings. The van der Waals surface area contributed by atoms with Crippen molar-refractivity contribution < 1.29 is 80.2 Å². The van der Waals surface area contributed by atoms with Crippen molar-refractivity contribution in [3.8, 4) is 0 Å². The molecule has 0 saturated heterocycles. The van der Waals surface area contributed by atoms with E-state index < -0.39 is 97.5 Å². The van der Waals surface area contributed by atoms with E-state index in [1.165, 1.54) is 154 Å².